The van der Waals surface area contributed by atoms with Gasteiger partial charge in [0.25, 0.3) is 0 Å². The lowest BCUT2D eigenvalue weighted by Gasteiger charge is -2.00. The molecule has 0 fully saturated rings. The SMILES string of the molecule is O=C(O)c1occ(-c2cc3ccccc3[nH]2)c1-c1cc2ccccc2[nH]1. The van der Waals surface area contributed by atoms with Gasteiger partial charge in [-0.1, -0.05) is 36.4 Å². The molecule has 126 valence electrons. The van der Waals surface area contributed by atoms with Gasteiger partial charge < -0.3 is 19.5 Å². The molecular weight excluding hydrogens is 328 g/mol. The number of aromatic nitrogens is 2. The second kappa shape index (κ2) is 5.39. The highest BCUT2D eigenvalue weighted by Gasteiger charge is 2.24. The Labute approximate surface area is 147 Å². The van der Waals surface area contributed by atoms with Gasteiger partial charge in [0.05, 0.1) is 17.0 Å². The molecule has 5 rings (SSSR count). The third kappa shape index (κ3) is 2.14. The fourth-order valence-electron chi connectivity index (χ4n) is 3.41. The van der Waals surface area contributed by atoms with Gasteiger partial charge in [-0.2, -0.15) is 0 Å². The maximum Gasteiger partial charge on any atom is 0.372 e. The zero-order chi connectivity index (χ0) is 17.7. The molecule has 0 aliphatic carbocycles. The van der Waals surface area contributed by atoms with E-state index in [-0.39, 0.29) is 5.76 Å². The van der Waals surface area contributed by atoms with Crippen molar-refractivity contribution in [2.24, 2.45) is 0 Å². The molecule has 0 amide bonds. The number of rotatable bonds is 3. The van der Waals surface area contributed by atoms with Gasteiger partial charge in [-0.25, -0.2) is 4.79 Å². The van der Waals surface area contributed by atoms with E-state index in [1.807, 2.05) is 60.7 Å². The zero-order valence-electron chi connectivity index (χ0n) is 13.6. The highest BCUT2D eigenvalue weighted by atomic mass is 16.4. The van der Waals surface area contributed by atoms with E-state index in [1.54, 1.807) is 0 Å². The van der Waals surface area contributed by atoms with Gasteiger partial charge in [-0.15, -0.1) is 0 Å². The van der Waals surface area contributed by atoms with Crippen LogP contribution in [0.2, 0.25) is 0 Å². The molecule has 0 spiro atoms. The number of benzene rings is 2. The first kappa shape index (κ1) is 14.6. The standard InChI is InChI=1S/C21H14N2O3/c24-21(25)20-19(18-10-13-6-2-4-8-16(13)23-18)14(11-26-20)17-9-12-5-1-3-7-15(12)22-17/h1-11,22-23H,(H,24,25). The van der Waals surface area contributed by atoms with Gasteiger partial charge >= 0.3 is 5.97 Å². The number of carboxylic acid groups (broad SMARTS) is 1. The van der Waals surface area contributed by atoms with Gasteiger partial charge in [0, 0.05) is 27.4 Å². The van der Waals surface area contributed by atoms with Crippen LogP contribution in [0.1, 0.15) is 10.6 Å². The molecule has 0 saturated heterocycles. The molecule has 0 unspecified atom stereocenters. The van der Waals surface area contributed by atoms with Crippen LogP contribution in [0, 0.1) is 0 Å². The molecule has 0 saturated carbocycles. The lowest BCUT2D eigenvalue weighted by atomic mass is 10.0. The minimum absolute atomic E-state index is 0.0785. The normalized spacial score (nSPS) is 11.4. The first-order chi connectivity index (χ1) is 12.7. The van der Waals surface area contributed by atoms with Crippen LogP contribution >= 0.6 is 0 Å². The number of nitrogens with one attached hydrogen (secondary N) is 2. The number of para-hydroxylation sites is 2. The highest BCUT2D eigenvalue weighted by molar-refractivity contribution is 6.01. The Balaban J connectivity index is 1.77. The molecule has 5 aromatic rings. The molecule has 0 aliphatic rings. The predicted octanol–water partition coefficient (Wildman–Crippen LogP) is 5.27. The van der Waals surface area contributed by atoms with Gasteiger partial charge in [0.2, 0.25) is 5.76 Å². The first-order valence-electron chi connectivity index (χ1n) is 8.22. The highest BCUT2D eigenvalue weighted by Crippen LogP contribution is 2.38. The van der Waals surface area contributed by atoms with Crippen molar-refractivity contribution in [1.82, 2.24) is 9.97 Å². The van der Waals surface area contributed by atoms with E-state index in [9.17, 15) is 9.90 Å². The molecule has 5 heteroatoms. The Morgan fingerprint density at radius 3 is 2.04 bits per heavy atom. The third-order valence-corrected chi connectivity index (χ3v) is 4.60. The van der Waals surface area contributed by atoms with Crippen molar-refractivity contribution in [1.29, 1.82) is 0 Å². The molecule has 5 nitrogen and oxygen atoms in total. The number of hydrogen-bond acceptors (Lipinski definition) is 2. The number of furan rings is 1. The number of hydrogen-bond donors (Lipinski definition) is 3. The third-order valence-electron chi connectivity index (χ3n) is 4.60. The van der Waals surface area contributed by atoms with E-state index in [0.717, 1.165) is 27.5 Å². The van der Waals surface area contributed by atoms with Crippen LogP contribution in [0.5, 0.6) is 0 Å². The van der Waals surface area contributed by atoms with Crippen LogP contribution < -0.4 is 0 Å². The van der Waals surface area contributed by atoms with E-state index in [1.165, 1.54) is 6.26 Å². The average molecular weight is 342 g/mol. The van der Waals surface area contributed by atoms with Crippen LogP contribution in [-0.4, -0.2) is 21.0 Å². The Morgan fingerprint density at radius 1 is 0.846 bits per heavy atom. The molecule has 2 aromatic carbocycles. The molecule has 3 aromatic heterocycles. The topological polar surface area (TPSA) is 82.0 Å². The van der Waals surface area contributed by atoms with Crippen LogP contribution in [0.3, 0.4) is 0 Å². The summed E-state index contributed by atoms with van der Waals surface area (Å²) in [6.45, 7) is 0. The van der Waals surface area contributed by atoms with Crippen LogP contribution in [0.4, 0.5) is 0 Å². The number of carbonyl (C=O) groups is 1. The van der Waals surface area contributed by atoms with E-state index in [4.69, 9.17) is 4.42 Å². The number of aromatic carboxylic acids is 1. The summed E-state index contributed by atoms with van der Waals surface area (Å²) in [5.41, 5.74) is 4.72. The largest absolute Gasteiger partial charge is 0.475 e. The Hall–Kier alpha value is -3.73. The maximum absolute atomic E-state index is 11.7. The summed E-state index contributed by atoms with van der Waals surface area (Å²) in [5, 5.41) is 11.7. The number of aromatic amines is 2. The van der Waals surface area contributed by atoms with Crippen molar-refractivity contribution in [3.05, 3.63) is 72.7 Å². The average Bonchev–Trinajstić information content (AvgIpc) is 3.35. The van der Waals surface area contributed by atoms with Gasteiger partial charge in [-0.05, 0) is 24.3 Å². The van der Waals surface area contributed by atoms with Crippen molar-refractivity contribution < 1.29 is 14.3 Å². The molecule has 0 radical (unpaired) electrons. The number of fused-ring (bicyclic) bond motifs is 2. The van der Waals surface area contributed by atoms with Crippen LogP contribution in [0.15, 0.2) is 71.3 Å². The Bertz CT molecular complexity index is 1210. The minimum Gasteiger partial charge on any atom is -0.475 e. The quantitative estimate of drug-likeness (QED) is 0.417. The predicted molar refractivity (Wildman–Crippen MR) is 100 cm³/mol. The van der Waals surface area contributed by atoms with Crippen LogP contribution in [-0.2, 0) is 0 Å². The summed E-state index contributed by atoms with van der Waals surface area (Å²) < 4.78 is 5.42. The van der Waals surface area contributed by atoms with Crippen molar-refractivity contribution in [2.45, 2.75) is 0 Å². The molecule has 0 aliphatic heterocycles. The van der Waals surface area contributed by atoms with Gasteiger partial charge in [0.15, 0.2) is 0 Å². The molecule has 26 heavy (non-hydrogen) atoms. The second-order valence-corrected chi connectivity index (χ2v) is 6.20. The van der Waals surface area contributed by atoms with E-state index < -0.39 is 5.97 Å². The lowest BCUT2D eigenvalue weighted by Crippen LogP contribution is -1.97. The molecule has 0 atom stereocenters. The van der Waals surface area contributed by atoms with Crippen molar-refractivity contribution in [2.75, 3.05) is 0 Å². The zero-order valence-corrected chi connectivity index (χ0v) is 13.6. The molecular formula is C21H14N2O3. The van der Waals surface area contributed by atoms with Crippen LogP contribution in [0.25, 0.3) is 44.3 Å². The fourth-order valence-corrected chi connectivity index (χ4v) is 3.41. The summed E-state index contributed by atoms with van der Waals surface area (Å²) >= 11 is 0. The first-order valence-corrected chi connectivity index (χ1v) is 8.22. The van der Waals surface area contributed by atoms with E-state index in [2.05, 4.69) is 9.97 Å². The molecule has 3 heterocycles. The lowest BCUT2D eigenvalue weighted by molar-refractivity contribution is 0.0663. The smallest absolute Gasteiger partial charge is 0.372 e. The van der Waals surface area contributed by atoms with Gasteiger partial charge in [0.1, 0.15) is 6.26 Å². The summed E-state index contributed by atoms with van der Waals surface area (Å²) in [7, 11) is 0. The number of carboxylic acids is 1. The minimum atomic E-state index is -1.10. The summed E-state index contributed by atoms with van der Waals surface area (Å²) in [5.74, 6) is -1.17. The summed E-state index contributed by atoms with van der Waals surface area (Å²) in [6, 6.07) is 19.7. The monoisotopic (exact) mass is 342 g/mol. The van der Waals surface area contributed by atoms with Crippen molar-refractivity contribution in [3.8, 4) is 22.5 Å². The number of H-pyrrole nitrogens is 2. The van der Waals surface area contributed by atoms with Crippen molar-refractivity contribution >= 4 is 27.8 Å². The van der Waals surface area contributed by atoms with E-state index >= 15 is 0 Å². The fraction of sp³-hybridized carbons (Fsp3) is 0. The van der Waals surface area contributed by atoms with Gasteiger partial charge in [-0.3, -0.25) is 0 Å². The Kier molecular flexibility index (Phi) is 3.03. The van der Waals surface area contributed by atoms with Crippen molar-refractivity contribution in [3.63, 3.8) is 0 Å². The second-order valence-electron chi connectivity index (χ2n) is 6.20. The Morgan fingerprint density at radius 2 is 1.42 bits per heavy atom. The molecule has 3 N–H and O–H groups in total. The molecule has 0 bridgehead atoms. The maximum atomic E-state index is 11.7. The summed E-state index contributed by atoms with van der Waals surface area (Å²) in [6.07, 6.45) is 1.50. The summed E-state index contributed by atoms with van der Waals surface area (Å²) in [4.78, 5) is 18.4. The van der Waals surface area contributed by atoms with E-state index in [0.29, 0.717) is 16.8 Å².